The fourth-order valence-electron chi connectivity index (χ4n) is 2.11. The van der Waals surface area contributed by atoms with E-state index in [0.717, 1.165) is 12.8 Å². The van der Waals surface area contributed by atoms with Gasteiger partial charge in [0.15, 0.2) is 5.82 Å². The highest BCUT2D eigenvalue weighted by Crippen LogP contribution is 2.41. The van der Waals surface area contributed by atoms with Crippen LogP contribution >= 0.6 is 0 Å². The van der Waals surface area contributed by atoms with Gasteiger partial charge in [-0.15, -0.1) is 10.2 Å². The van der Waals surface area contributed by atoms with Gasteiger partial charge in [0, 0.05) is 12.1 Å². The van der Waals surface area contributed by atoms with Crippen LogP contribution in [0.1, 0.15) is 18.9 Å². The molecule has 0 radical (unpaired) electrons. The number of rotatable bonds is 4. The summed E-state index contributed by atoms with van der Waals surface area (Å²) in [5.41, 5.74) is 0.534. The third kappa shape index (κ3) is 1.92. The summed E-state index contributed by atoms with van der Waals surface area (Å²) in [7, 11) is 1.42. The van der Waals surface area contributed by atoms with Crippen molar-refractivity contribution in [3.05, 3.63) is 34.6 Å². The molecule has 0 N–H and O–H groups in total. The number of aromatic nitrogens is 3. The molecule has 1 fully saturated rings. The Morgan fingerprint density at radius 2 is 2.26 bits per heavy atom. The van der Waals surface area contributed by atoms with E-state index in [-0.39, 0.29) is 11.4 Å². The first-order valence-corrected chi connectivity index (χ1v) is 5.93. The topological polar surface area (TPSA) is 83.1 Å². The number of ether oxygens (including phenoxy) is 1. The molecule has 2 aromatic rings. The molecule has 3 rings (SSSR count). The van der Waals surface area contributed by atoms with Crippen molar-refractivity contribution in [2.75, 3.05) is 7.11 Å². The fourth-order valence-corrected chi connectivity index (χ4v) is 2.11. The highest BCUT2D eigenvalue weighted by atomic mass is 16.6. The average Bonchev–Trinajstić information content (AvgIpc) is 3.15. The Morgan fingerprint density at radius 1 is 1.47 bits per heavy atom. The Bertz CT molecular complexity index is 634. The van der Waals surface area contributed by atoms with E-state index in [9.17, 15) is 10.1 Å². The van der Waals surface area contributed by atoms with Crippen LogP contribution < -0.4 is 4.74 Å². The smallest absolute Gasteiger partial charge is 0.311 e. The first kappa shape index (κ1) is 11.6. The lowest BCUT2D eigenvalue weighted by molar-refractivity contribution is -0.385. The van der Waals surface area contributed by atoms with Gasteiger partial charge in [-0.3, -0.25) is 10.1 Å². The number of para-hydroxylation sites is 1. The predicted molar refractivity (Wildman–Crippen MR) is 66.9 cm³/mol. The SMILES string of the molecule is COc1c(-c2nncn2C2CC2)cccc1[N+](=O)[O-]. The summed E-state index contributed by atoms with van der Waals surface area (Å²) in [4.78, 5) is 10.6. The van der Waals surface area contributed by atoms with Gasteiger partial charge in [0.05, 0.1) is 17.6 Å². The first-order chi connectivity index (χ1) is 9.22. The van der Waals surface area contributed by atoms with Gasteiger partial charge in [0.1, 0.15) is 6.33 Å². The number of hydrogen-bond donors (Lipinski definition) is 0. The molecule has 1 aromatic carbocycles. The Kier molecular flexibility index (Phi) is 2.66. The Labute approximate surface area is 109 Å². The summed E-state index contributed by atoms with van der Waals surface area (Å²) in [5.74, 6) is 0.838. The van der Waals surface area contributed by atoms with Gasteiger partial charge in [-0.1, -0.05) is 6.07 Å². The van der Waals surface area contributed by atoms with Crippen molar-refractivity contribution in [2.24, 2.45) is 0 Å². The highest BCUT2D eigenvalue weighted by Gasteiger charge is 2.29. The summed E-state index contributed by atoms with van der Waals surface area (Å²) in [6.07, 6.45) is 3.83. The number of nitrogens with zero attached hydrogens (tertiary/aromatic N) is 4. The van der Waals surface area contributed by atoms with Gasteiger partial charge < -0.3 is 9.30 Å². The molecule has 0 spiro atoms. The number of hydrogen-bond acceptors (Lipinski definition) is 5. The number of methoxy groups -OCH3 is 1. The van der Waals surface area contributed by atoms with Crippen LogP contribution in [0.2, 0.25) is 0 Å². The largest absolute Gasteiger partial charge is 0.490 e. The molecule has 7 heteroatoms. The van der Waals surface area contributed by atoms with Crippen LogP contribution in [-0.2, 0) is 0 Å². The third-order valence-electron chi connectivity index (χ3n) is 3.15. The van der Waals surface area contributed by atoms with Crippen LogP contribution in [0.3, 0.4) is 0 Å². The summed E-state index contributed by atoms with van der Waals surface area (Å²) >= 11 is 0. The van der Waals surface area contributed by atoms with E-state index in [0.29, 0.717) is 17.4 Å². The molecule has 1 aliphatic rings. The van der Waals surface area contributed by atoms with Gasteiger partial charge in [0.25, 0.3) is 0 Å². The molecule has 0 bridgehead atoms. The molecule has 1 heterocycles. The molecular formula is C12H12N4O3. The number of nitro benzene ring substituents is 1. The van der Waals surface area contributed by atoms with Crippen LogP contribution in [-0.4, -0.2) is 26.8 Å². The van der Waals surface area contributed by atoms with Crippen LogP contribution in [0.5, 0.6) is 5.75 Å². The second-order valence-electron chi connectivity index (χ2n) is 4.41. The van der Waals surface area contributed by atoms with Crippen molar-refractivity contribution in [3.63, 3.8) is 0 Å². The Morgan fingerprint density at radius 3 is 2.89 bits per heavy atom. The lowest BCUT2D eigenvalue weighted by Gasteiger charge is -2.09. The molecule has 1 aliphatic carbocycles. The van der Waals surface area contributed by atoms with E-state index < -0.39 is 4.92 Å². The minimum absolute atomic E-state index is 0.0645. The van der Waals surface area contributed by atoms with Gasteiger partial charge in [-0.05, 0) is 18.9 Å². The maximum Gasteiger partial charge on any atom is 0.311 e. The highest BCUT2D eigenvalue weighted by molar-refractivity contribution is 5.71. The molecule has 0 atom stereocenters. The molecule has 0 unspecified atom stereocenters. The van der Waals surface area contributed by atoms with Crippen molar-refractivity contribution >= 4 is 5.69 Å². The third-order valence-corrected chi connectivity index (χ3v) is 3.15. The Balaban J connectivity index is 2.16. The van der Waals surface area contributed by atoms with Crippen molar-refractivity contribution in [1.82, 2.24) is 14.8 Å². The van der Waals surface area contributed by atoms with Crippen molar-refractivity contribution in [2.45, 2.75) is 18.9 Å². The van der Waals surface area contributed by atoms with Crippen LogP contribution in [0.4, 0.5) is 5.69 Å². The zero-order valence-electron chi connectivity index (χ0n) is 10.3. The molecule has 1 saturated carbocycles. The average molecular weight is 260 g/mol. The van der Waals surface area contributed by atoms with Crippen LogP contribution in [0, 0.1) is 10.1 Å². The van der Waals surface area contributed by atoms with E-state index in [1.807, 2.05) is 4.57 Å². The second-order valence-corrected chi connectivity index (χ2v) is 4.41. The van der Waals surface area contributed by atoms with Crippen molar-refractivity contribution in [3.8, 4) is 17.1 Å². The van der Waals surface area contributed by atoms with E-state index in [1.54, 1.807) is 18.5 Å². The normalized spacial score (nSPS) is 14.4. The minimum atomic E-state index is -0.458. The predicted octanol–water partition coefficient (Wildman–Crippen LogP) is 2.20. The molecular weight excluding hydrogens is 248 g/mol. The van der Waals surface area contributed by atoms with E-state index in [2.05, 4.69) is 10.2 Å². The number of benzene rings is 1. The molecule has 19 heavy (non-hydrogen) atoms. The summed E-state index contributed by atoms with van der Waals surface area (Å²) < 4.78 is 7.14. The van der Waals surface area contributed by atoms with Gasteiger partial charge in [-0.25, -0.2) is 0 Å². The van der Waals surface area contributed by atoms with Crippen molar-refractivity contribution < 1.29 is 9.66 Å². The first-order valence-electron chi connectivity index (χ1n) is 5.93. The van der Waals surface area contributed by atoms with Crippen molar-refractivity contribution in [1.29, 1.82) is 0 Å². The Hall–Kier alpha value is -2.44. The van der Waals surface area contributed by atoms with Gasteiger partial charge in [-0.2, -0.15) is 0 Å². The molecule has 0 aliphatic heterocycles. The summed E-state index contributed by atoms with van der Waals surface area (Å²) in [6.45, 7) is 0. The number of nitro groups is 1. The molecule has 0 saturated heterocycles. The fraction of sp³-hybridized carbons (Fsp3) is 0.333. The monoisotopic (exact) mass is 260 g/mol. The van der Waals surface area contributed by atoms with Crippen LogP contribution in [0.25, 0.3) is 11.4 Å². The lowest BCUT2D eigenvalue weighted by Crippen LogP contribution is -2.00. The second kappa shape index (κ2) is 4.34. The molecule has 1 aromatic heterocycles. The maximum absolute atomic E-state index is 11.0. The van der Waals surface area contributed by atoms with E-state index >= 15 is 0 Å². The minimum Gasteiger partial charge on any atom is -0.490 e. The van der Waals surface area contributed by atoms with Gasteiger partial charge >= 0.3 is 5.69 Å². The summed E-state index contributed by atoms with van der Waals surface area (Å²) in [6, 6.07) is 5.20. The molecule has 0 amide bonds. The van der Waals surface area contributed by atoms with Gasteiger partial charge in [0.2, 0.25) is 5.75 Å². The quantitative estimate of drug-likeness (QED) is 0.621. The zero-order chi connectivity index (χ0) is 13.4. The molecule has 7 nitrogen and oxygen atoms in total. The molecule has 98 valence electrons. The van der Waals surface area contributed by atoms with Crippen LogP contribution in [0.15, 0.2) is 24.5 Å². The zero-order valence-corrected chi connectivity index (χ0v) is 10.3. The summed E-state index contributed by atoms with van der Waals surface area (Å²) in [5, 5.41) is 19.0. The lowest BCUT2D eigenvalue weighted by atomic mass is 10.1. The van der Waals surface area contributed by atoms with E-state index in [1.165, 1.54) is 13.2 Å². The van der Waals surface area contributed by atoms with E-state index in [4.69, 9.17) is 4.74 Å². The maximum atomic E-state index is 11.0. The standard InChI is InChI=1S/C12H12N4O3/c1-19-11-9(3-2-4-10(11)16(17)18)12-14-13-7-15(12)8-5-6-8/h2-4,7-8H,5-6H2,1H3.